The number of amides is 1. The second-order valence-electron chi connectivity index (χ2n) is 8.38. The van der Waals surface area contributed by atoms with Crippen LogP contribution in [0.1, 0.15) is 78.1 Å². The zero-order valence-corrected chi connectivity index (χ0v) is 23.3. The van der Waals surface area contributed by atoms with Crippen molar-refractivity contribution in [3.63, 3.8) is 0 Å². The highest BCUT2D eigenvalue weighted by Crippen LogP contribution is 2.42. The minimum absolute atomic E-state index is 0.0487. The molecule has 0 saturated carbocycles. The molecule has 10 heteroatoms. The Labute approximate surface area is 222 Å². The molecule has 2 atom stereocenters. The first kappa shape index (κ1) is 35.0. The van der Waals surface area contributed by atoms with Crippen LogP contribution in [-0.2, 0) is 27.9 Å². The van der Waals surface area contributed by atoms with Crippen molar-refractivity contribution in [3.05, 3.63) is 48.6 Å². The van der Waals surface area contributed by atoms with Crippen LogP contribution in [0.2, 0.25) is 0 Å². The van der Waals surface area contributed by atoms with E-state index in [-0.39, 0.29) is 25.7 Å². The number of carbonyl (C=O) groups excluding carboxylic acids is 2. The third-order valence-electron chi connectivity index (χ3n) is 4.82. The van der Waals surface area contributed by atoms with E-state index in [1.54, 1.807) is 0 Å². The highest BCUT2D eigenvalue weighted by molar-refractivity contribution is 7.47. The van der Waals surface area contributed by atoms with Crippen LogP contribution in [0.25, 0.3) is 0 Å². The topological polar surface area (TPSA) is 131 Å². The molecular formula is C27H46NO8P. The van der Waals surface area contributed by atoms with E-state index in [9.17, 15) is 24.2 Å². The van der Waals surface area contributed by atoms with Crippen molar-refractivity contribution in [2.24, 2.45) is 0 Å². The van der Waals surface area contributed by atoms with Gasteiger partial charge in [-0.25, -0.2) is 4.57 Å². The molecule has 0 aromatic rings. The number of nitrogens with one attached hydrogen (secondary N) is 1. The zero-order chi connectivity index (χ0) is 27.6. The van der Waals surface area contributed by atoms with Gasteiger partial charge in [0.2, 0.25) is 5.91 Å². The monoisotopic (exact) mass is 543 g/mol. The first-order chi connectivity index (χ1) is 17.8. The maximum atomic E-state index is 11.8. The molecule has 9 nitrogen and oxygen atoms in total. The number of phosphoric ester groups is 1. The molecule has 0 bridgehead atoms. The molecule has 0 spiro atoms. The molecule has 2 unspecified atom stereocenters. The molecule has 0 aromatic carbocycles. The van der Waals surface area contributed by atoms with E-state index in [2.05, 4.69) is 70.1 Å². The molecule has 212 valence electrons. The van der Waals surface area contributed by atoms with E-state index in [0.717, 1.165) is 25.7 Å². The summed E-state index contributed by atoms with van der Waals surface area (Å²) in [5.74, 6) is -0.762. The lowest BCUT2D eigenvalue weighted by Crippen LogP contribution is -2.27. The van der Waals surface area contributed by atoms with Gasteiger partial charge >= 0.3 is 13.8 Å². The molecule has 0 aliphatic rings. The van der Waals surface area contributed by atoms with Crippen molar-refractivity contribution in [3.8, 4) is 0 Å². The Morgan fingerprint density at radius 3 is 2.00 bits per heavy atom. The molecule has 0 radical (unpaired) electrons. The zero-order valence-electron chi connectivity index (χ0n) is 22.4. The molecule has 37 heavy (non-hydrogen) atoms. The van der Waals surface area contributed by atoms with Gasteiger partial charge in [-0.05, 0) is 44.9 Å². The van der Waals surface area contributed by atoms with Crippen LogP contribution in [0.4, 0.5) is 0 Å². The van der Waals surface area contributed by atoms with Crippen LogP contribution in [0.15, 0.2) is 48.6 Å². The standard InChI is InChI=1S/C27H46NO8P/c1-3-4-5-6-7-8-9-10-11-12-13-14-15-16-17-18-19-20-27(31)28-21-22-35-37(32,33)36-24-26(30)23-34-25(2)29/h7-8,10-11,13-14,16-17,26,30H,3-6,9,12,15,18-24H2,1-2H3,(H,28,31)(H,32,33)/b8-7-,11-10-,14-13-,17-16-. The number of aliphatic hydroxyl groups is 1. The number of allylic oxidation sites excluding steroid dienone is 8. The van der Waals surface area contributed by atoms with Gasteiger partial charge < -0.3 is 20.1 Å². The Morgan fingerprint density at radius 1 is 0.865 bits per heavy atom. The van der Waals surface area contributed by atoms with Gasteiger partial charge in [0.1, 0.15) is 12.7 Å². The van der Waals surface area contributed by atoms with Crippen molar-refractivity contribution >= 4 is 19.7 Å². The van der Waals surface area contributed by atoms with Crippen LogP contribution in [-0.4, -0.2) is 54.3 Å². The first-order valence-corrected chi connectivity index (χ1v) is 14.6. The Hall–Kier alpha value is -2.03. The van der Waals surface area contributed by atoms with E-state index in [4.69, 9.17) is 4.52 Å². The van der Waals surface area contributed by atoms with Crippen molar-refractivity contribution in [1.82, 2.24) is 5.32 Å². The fourth-order valence-corrected chi connectivity index (χ4v) is 3.62. The molecule has 0 aliphatic carbocycles. The summed E-state index contributed by atoms with van der Waals surface area (Å²) in [5.41, 5.74) is 0. The minimum Gasteiger partial charge on any atom is -0.463 e. The van der Waals surface area contributed by atoms with Gasteiger partial charge in [0, 0.05) is 19.9 Å². The second-order valence-corrected chi connectivity index (χ2v) is 9.84. The predicted molar refractivity (Wildman–Crippen MR) is 146 cm³/mol. The predicted octanol–water partition coefficient (Wildman–Crippen LogP) is 5.31. The number of rotatable bonds is 23. The largest absolute Gasteiger partial charge is 0.472 e. The smallest absolute Gasteiger partial charge is 0.463 e. The van der Waals surface area contributed by atoms with Crippen LogP contribution >= 0.6 is 7.82 Å². The highest BCUT2D eigenvalue weighted by Gasteiger charge is 2.23. The average molecular weight is 544 g/mol. The molecule has 0 heterocycles. The number of hydrogen-bond donors (Lipinski definition) is 3. The summed E-state index contributed by atoms with van der Waals surface area (Å²) in [6.45, 7) is 2.32. The van der Waals surface area contributed by atoms with E-state index in [1.807, 2.05) is 0 Å². The summed E-state index contributed by atoms with van der Waals surface area (Å²) in [7, 11) is -4.38. The number of phosphoric acid groups is 1. The number of hydrogen-bond acceptors (Lipinski definition) is 7. The van der Waals surface area contributed by atoms with Gasteiger partial charge in [-0.15, -0.1) is 0 Å². The van der Waals surface area contributed by atoms with Gasteiger partial charge in [0.25, 0.3) is 0 Å². The van der Waals surface area contributed by atoms with Gasteiger partial charge in [-0.3, -0.25) is 18.6 Å². The van der Waals surface area contributed by atoms with Gasteiger partial charge in [0.15, 0.2) is 0 Å². The van der Waals surface area contributed by atoms with Crippen molar-refractivity contribution < 1.29 is 37.9 Å². The molecule has 0 aliphatic heterocycles. The van der Waals surface area contributed by atoms with Crippen LogP contribution in [0.3, 0.4) is 0 Å². The van der Waals surface area contributed by atoms with Gasteiger partial charge in [-0.2, -0.15) is 0 Å². The average Bonchev–Trinajstić information content (AvgIpc) is 2.86. The maximum absolute atomic E-state index is 11.8. The Bertz CT molecular complexity index is 764. The highest BCUT2D eigenvalue weighted by atomic mass is 31.2. The number of aliphatic hydroxyl groups excluding tert-OH is 1. The molecule has 0 saturated heterocycles. The van der Waals surface area contributed by atoms with Gasteiger partial charge in [-0.1, -0.05) is 68.4 Å². The van der Waals surface area contributed by atoms with Crippen LogP contribution in [0.5, 0.6) is 0 Å². The van der Waals surface area contributed by atoms with Crippen molar-refractivity contribution in [2.75, 3.05) is 26.4 Å². The number of unbranched alkanes of at least 4 members (excludes halogenated alkanes) is 4. The number of carbonyl (C=O) groups is 2. The fraction of sp³-hybridized carbons (Fsp3) is 0.630. The summed E-state index contributed by atoms with van der Waals surface area (Å²) in [6.07, 6.45) is 25.6. The molecular weight excluding hydrogens is 497 g/mol. The fourth-order valence-electron chi connectivity index (χ4n) is 2.86. The third kappa shape index (κ3) is 26.8. The summed E-state index contributed by atoms with van der Waals surface area (Å²) in [6, 6.07) is 0. The summed E-state index contributed by atoms with van der Waals surface area (Å²) in [5, 5.41) is 12.1. The molecule has 0 rings (SSSR count). The first-order valence-electron chi connectivity index (χ1n) is 13.1. The quantitative estimate of drug-likeness (QED) is 0.0684. The van der Waals surface area contributed by atoms with Crippen LogP contribution < -0.4 is 5.32 Å². The number of ether oxygens (including phenoxy) is 1. The van der Waals surface area contributed by atoms with E-state index >= 15 is 0 Å². The van der Waals surface area contributed by atoms with Crippen molar-refractivity contribution in [2.45, 2.75) is 84.2 Å². The molecule has 0 fully saturated rings. The Kier molecular flexibility index (Phi) is 23.0. The van der Waals surface area contributed by atoms with E-state index in [0.29, 0.717) is 12.8 Å². The van der Waals surface area contributed by atoms with Crippen LogP contribution in [0, 0.1) is 0 Å². The normalized spacial score (nSPS) is 14.6. The molecule has 0 aromatic heterocycles. The van der Waals surface area contributed by atoms with E-state index in [1.165, 1.54) is 32.6 Å². The lowest BCUT2D eigenvalue weighted by Gasteiger charge is -2.15. The second kappa shape index (κ2) is 24.3. The summed E-state index contributed by atoms with van der Waals surface area (Å²) >= 11 is 0. The molecule has 1 amide bonds. The lowest BCUT2D eigenvalue weighted by molar-refractivity contribution is -0.144. The van der Waals surface area contributed by atoms with Gasteiger partial charge in [0.05, 0.1) is 13.2 Å². The number of esters is 1. The third-order valence-corrected chi connectivity index (χ3v) is 5.80. The maximum Gasteiger partial charge on any atom is 0.472 e. The molecule has 3 N–H and O–H groups in total. The van der Waals surface area contributed by atoms with E-state index < -0.39 is 26.5 Å². The SMILES string of the molecule is CCCCC/C=C\C/C=C\C/C=C\C/C=C\CCCC(=O)NCCOP(=O)(O)OCC(O)COC(C)=O. The minimum atomic E-state index is -4.38. The Balaban J connectivity index is 3.70. The Morgan fingerprint density at radius 2 is 1.43 bits per heavy atom. The summed E-state index contributed by atoms with van der Waals surface area (Å²) in [4.78, 5) is 32.0. The lowest BCUT2D eigenvalue weighted by atomic mass is 10.2. The van der Waals surface area contributed by atoms with Crippen molar-refractivity contribution in [1.29, 1.82) is 0 Å². The summed E-state index contributed by atoms with van der Waals surface area (Å²) < 4.78 is 25.6.